The predicted octanol–water partition coefficient (Wildman–Crippen LogP) is 5.40. The zero-order valence-corrected chi connectivity index (χ0v) is 17.7. The maximum Gasteiger partial charge on any atom is 0.257 e. The Kier molecular flexibility index (Phi) is 5.39. The topological polar surface area (TPSA) is 62.3 Å². The molecule has 1 aliphatic heterocycles. The number of aromatic nitrogens is 1. The van der Waals surface area contributed by atoms with Gasteiger partial charge in [0.25, 0.3) is 5.91 Å². The van der Waals surface area contributed by atoms with E-state index in [0.29, 0.717) is 22.1 Å². The Labute approximate surface area is 178 Å². The van der Waals surface area contributed by atoms with Gasteiger partial charge in [-0.15, -0.1) is 11.3 Å². The molecule has 0 fully saturated rings. The van der Waals surface area contributed by atoms with Crippen LogP contribution in [0.4, 0.5) is 10.8 Å². The number of fused-ring (bicyclic) bond motifs is 1. The number of anilines is 2. The van der Waals surface area contributed by atoms with Crippen LogP contribution in [0.3, 0.4) is 0 Å². The number of amides is 2. The third kappa shape index (κ3) is 3.91. The Morgan fingerprint density at radius 1 is 1.28 bits per heavy atom. The van der Waals surface area contributed by atoms with Crippen molar-refractivity contribution in [3.63, 3.8) is 0 Å². The second kappa shape index (κ2) is 7.97. The van der Waals surface area contributed by atoms with E-state index in [1.165, 1.54) is 11.3 Å². The van der Waals surface area contributed by atoms with Gasteiger partial charge in [0.05, 0.1) is 5.69 Å². The van der Waals surface area contributed by atoms with E-state index < -0.39 is 0 Å². The molecule has 0 radical (unpaired) electrons. The van der Waals surface area contributed by atoms with Crippen LogP contribution in [0, 0.1) is 0 Å². The van der Waals surface area contributed by atoms with E-state index in [-0.39, 0.29) is 17.9 Å². The number of nitrogens with zero attached hydrogens (tertiary/aromatic N) is 2. The minimum absolute atomic E-state index is 0.142. The van der Waals surface area contributed by atoms with Gasteiger partial charge in [0.15, 0.2) is 5.13 Å². The number of halogens is 1. The van der Waals surface area contributed by atoms with Gasteiger partial charge in [-0.05, 0) is 49.2 Å². The fourth-order valence-corrected chi connectivity index (χ4v) is 4.51. The molecule has 0 saturated carbocycles. The summed E-state index contributed by atoms with van der Waals surface area (Å²) in [6.45, 7) is 3.95. The second-order valence-corrected chi connectivity index (χ2v) is 8.31. The van der Waals surface area contributed by atoms with Gasteiger partial charge in [-0.1, -0.05) is 30.7 Å². The number of benzene rings is 2. The number of hydrogen-bond donors (Lipinski definition) is 1. The van der Waals surface area contributed by atoms with Crippen molar-refractivity contribution >= 4 is 45.6 Å². The summed E-state index contributed by atoms with van der Waals surface area (Å²) in [5.74, 6) is -0.103. The van der Waals surface area contributed by atoms with Crippen molar-refractivity contribution in [3.05, 3.63) is 64.0 Å². The lowest BCUT2D eigenvalue weighted by atomic mass is 10.1. The molecular formula is C22H20ClN3O2S. The standard InChI is InChI=1S/C22H20ClN3O2S/c1-3-20(27)26-13(2)9-16-10-14(7-8-19(16)26)18-12-29-22(24-18)25-21(28)15-5-4-6-17(23)11-15/h4-8,10-13H,3,9H2,1-2H3,(H,24,25,28)/t13-/m0/s1. The number of carbonyl (C=O) groups excluding carboxylic acids is 2. The van der Waals surface area contributed by atoms with Gasteiger partial charge in [-0.2, -0.15) is 0 Å². The minimum Gasteiger partial charge on any atom is -0.309 e. The summed E-state index contributed by atoms with van der Waals surface area (Å²) in [5.41, 5.74) is 4.39. The van der Waals surface area contributed by atoms with Crippen molar-refractivity contribution in [2.75, 3.05) is 10.2 Å². The van der Waals surface area contributed by atoms with E-state index >= 15 is 0 Å². The van der Waals surface area contributed by atoms with Gasteiger partial charge in [0.1, 0.15) is 0 Å². The van der Waals surface area contributed by atoms with Crippen LogP contribution in [-0.2, 0) is 11.2 Å². The second-order valence-electron chi connectivity index (χ2n) is 7.02. The van der Waals surface area contributed by atoms with E-state index in [2.05, 4.69) is 23.3 Å². The monoisotopic (exact) mass is 425 g/mol. The Bertz CT molecular complexity index is 1100. The van der Waals surface area contributed by atoms with Gasteiger partial charge in [-0.3, -0.25) is 14.9 Å². The van der Waals surface area contributed by atoms with Crippen molar-refractivity contribution < 1.29 is 9.59 Å². The summed E-state index contributed by atoms with van der Waals surface area (Å²) in [5, 5.41) is 5.78. The summed E-state index contributed by atoms with van der Waals surface area (Å²) in [4.78, 5) is 31.1. The number of thiazole rings is 1. The van der Waals surface area contributed by atoms with Crippen molar-refractivity contribution in [1.29, 1.82) is 0 Å². The molecule has 2 aromatic carbocycles. The molecule has 7 heteroatoms. The maximum atomic E-state index is 12.4. The molecule has 148 valence electrons. The average molecular weight is 426 g/mol. The molecule has 1 N–H and O–H groups in total. The summed E-state index contributed by atoms with van der Waals surface area (Å²) < 4.78 is 0. The van der Waals surface area contributed by atoms with E-state index in [1.54, 1.807) is 24.3 Å². The Morgan fingerprint density at radius 3 is 2.86 bits per heavy atom. The highest BCUT2D eigenvalue weighted by atomic mass is 35.5. The molecule has 5 nitrogen and oxygen atoms in total. The van der Waals surface area contributed by atoms with Crippen LogP contribution in [0.1, 0.15) is 36.2 Å². The summed E-state index contributed by atoms with van der Waals surface area (Å²) in [6.07, 6.45) is 1.32. The first kappa shape index (κ1) is 19.6. The largest absolute Gasteiger partial charge is 0.309 e. The lowest BCUT2D eigenvalue weighted by molar-refractivity contribution is -0.118. The first-order valence-corrected chi connectivity index (χ1v) is 10.7. The third-order valence-corrected chi connectivity index (χ3v) is 5.97. The Morgan fingerprint density at radius 2 is 2.10 bits per heavy atom. The summed E-state index contributed by atoms with van der Waals surface area (Å²) >= 11 is 7.33. The molecule has 29 heavy (non-hydrogen) atoms. The summed E-state index contributed by atoms with van der Waals surface area (Å²) in [6, 6.07) is 13.0. The molecule has 1 aliphatic rings. The fraction of sp³-hybridized carbons (Fsp3) is 0.227. The number of nitrogens with one attached hydrogen (secondary N) is 1. The number of hydrogen-bond acceptors (Lipinski definition) is 4. The highest BCUT2D eigenvalue weighted by molar-refractivity contribution is 7.14. The normalized spacial score (nSPS) is 15.3. The fourth-order valence-electron chi connectivity index (χ4n) is 3.60. The highest BCUT2D eigenvalue weighted by Gasteiger charge is 2.30. The zero-order chi connectivity index (χ0) is 20.5. The van der Waals surface area contributed by atoms with Gasteiger partial charge in [0, 0.05) is 39.7 Å². The molecule has 4 rings (SSSR count). The SMILES string of the molecule is CCC(=O)N1c2ccc(-c3csc(NC(=O)c4cccc(Cl)c4)n3)cc2C[C@@H]1C. The molecule has 0 aliphatic carbocycles. The first-order chi connectivity index (χ1) is 14.0. The zero-order valence-electron chi connectivity index (χ0n) is 16.1. The number of rotatable bonds is 4. The molecule has 0 spiro atoms. The van der Waals surface area contributed by atoms with Crippen LogP contribution in [0.15, 0.2) is 47.8 Å². The lowest BCUT2D eigenvalue weighted by Crippen LogP contribution is -2.35. The van der Waals surface area contributed by atoms with Crippen LogP contribution in [0.25, 0.3) is 11.3 Å². The maximum absolute atomic E-state index is 12.4. The Hall–Kier alpha value is -2.70. The van der Waals surface area contributed by atoms with Crippen molar-refractivity contribution in [2.24, 2.45) is 0 Å². The van der Waals surface area contributed by atoms with E-state index in [1.807, 2.05) is 29.3 Å². The molecule has 2 heterocycles. The molecule has 0 saturated heterocycles. The van der Waals surface area contributed by atoms with Gasteiger partial charge >= 0.3 is 0 Å². The van der Waals surface area contributed by atoms with Gasteiger partial charge in [-0.25, -0.2) is 4.98 Å². The minimum atomic E-state index is -0.245. The summed E-state index contributed by atoms with van der Waals surface area (Å²) in [7, 11) is 0. The number of carbonyl (C=O) groups is 2. The highest BCUT2D eigenvalue weighted by Crippen LogP contribution is 2.36. The van der Waals surface area contributed by atoms with Crippen LogP contribution < -0.4 is 10.2 Å². The van der Waals surface area contributed by atoms with Gasteiger partial charge in [0.2, 0.25) is 5.91 Å². The van der Waals surface area contributed by atoms with Crippen molar-refractivity contribution in [2.45, 2.75) is 32.7 Å². The molecule has 2 amide bonds. The predicted molar refractivity (Wildman–Crippen MR) is 118 cm³/mol. The molecule has 0 unspecified atom stereocenters. The van der Waals surface area contributed by atoms with Crippen molar-refractivity contribution in [1.82, 2.24) is 4.98 Å². The molecular weight excluding hydrogens is 406 g/mol. The molecule has 1 aromatic heterocycles. The smallest absolute Gasteiger partial charge is 0.257 e. The third-order valence-electron chi connectivity index (χ3n) is 4.97. The van der Waals surface area contributed by atoms with Crippen LogP contribution in [-0.4, -0.2) is 22.8 Å². The molecule has 0 bridgehead atoms. The Balaban J connectivity index is 1.54. The van der Waals surface area contributed by atoms with Gasteiger partial charge < -0.3 is 4.90 Å². The van der Waals surface area contributed by atoms with Crippen molar-refractivity contribution in [3.8, 4) is 11.3 Å². The van der Waals surface area contributed by atoms with Crippen LogP contribution in [0.5, 0.6) is 0 Å². The lowest BCUT2D eigenvalue weighted by Gasteiger charge is -2.22. The van der Waals surface area contributed by atoms with E-state index in [0.717, 1.165) is 28.9 Å². The quantitative estimate of drug-likeness (QED) is 0.608. The van der Waals surface area contributed by atoms with E-state index in [4.69, 9.17) is 11.6 Å². The first-order valence-electron chi connectivity index (χ1n) is 9.44. The van der Waals surface area contributed by atoms with Crippen LogP contribution in [0.2, 0.25) is 5.02 Å². The van der Waals surface area contributed by atoms with Crippen LogP contribution >= 0.6 is 22.9 Å². The molecule has 3 aromatic rings. The average Bonchev–Trinajstić information content (AvgIpc) is 3.30. The molecule has 1 atom stereocenters. The van der Waals surface area contributed by atoms with E-state index in [9.17, 15) is 9.59 Å².